The molecule has 0 atom stereocenters. The molecule has 1 saturated carbocycles. The number of rotatable bonds is 9. The van der Waals surface area contributed by atoms with Crippen LogP contribution in [0.25, 0.3) is 21.9 Å². The number of benzene rings is 3. The molecule has 0 heterocycles. The van der Waals surface area contributed by atoms with Crippen LogP contribution in [-0.4, -0.2) is 0 Å². The Morgan fingerprint density at radius 1 is 0.857 bits per heavy atom. The van der Waals surface area contributed by atoms with E-state index < -0.39 is 17.5 Å². The summed E-state index contributed by atoms with van der Waals surface area (Å²) >= 11 is 0. The minimum atomic E-state index is -1.10. The monoisotopic (exact) mass is 478 g/mol. The van der Waals surface area contributed by atoms with Gasteiger partial charge in [-0.3, -0.25) is 0 Å². The highest BCUT2D eigenvalue weighted by atomic mass is 19.2. The van der Waals surface area contributed by atoms with Crippen molar-refractivity contribution in [1.29, 1.82) is 0 Å². The minimum Gasteiger partial charge on any atom is -0.206 e. The summed E-state index contributed by atoms with van der Waals surface area (Å²) in [4.78, 5) is 0. The SMILES string of the molecule is C/C=C/CCc1ccc2cc(-c3ccc(C4CCC(CCCCC)CC4)cc3)c(F)c(F)c2c1F. The lowest BCUT2D eigenvalue weighted by Gasteiger charge is -2.29. The van der Waals surface area contributed by atoms with Gasteiger partial charge in [0.2, 0.25) is 0 Å². The first-order valence-electron chi connectivity index (χ1n) is 13.3. The molecule has 0 aromatic heterocycles. The molecule has 0 radical (unpaired) electrons. The molecule has 0 spiro atoms. The van der Waals surface area contributed by atoms with E-state index >= 15 is 13.2 Å². The van der Waals surface area contributed by atoms with Crippen LogP contribution in [0.2, 0.25) is 0 Å². The maximum absolute atomic E-state index is 15.1. The predicted molar refractivity (Wildman–Crippen MR) is 141 cm³/mol. The molecule has 0 aliphatic heterocycles. The van der Waals surface area contributed by atoms with E-state index in [2.05, 4.69) is 19.1 Å². The zero-order valence-corrected chi connectivity index (χ0v) is 21.1. The Morgan fingerprint density at radius 2 is 1.60 bits per heavy atom. The molecular weight excluding hydrogens is 441 g/mol. The molecule has 35 heavy (non-hydrogen) atoms. The van der Waals surface area contributed by atoms with E-state index in [0.29, 0.717) is 35.3 Å². The lowest BCUT2D eigenvalue weighted by atomic mass is 9.77. The highest BCUT2D eigenvalue weighted by molar-refractivity contribution is 5.89. The van der Waals surface area contributed by atoms with Crippen molar-refractivity contribution in [2.75, 3.05) is 0 Å². The molecule has 3 aromatic carbocycles. The first kappa shape index (κ1) is 25.5. The lowest BCUT2D eigenvalue weighted by molar-refractivity contribution is 0.303. The van der Waals surface area contributed by atoms with Gasteiger partial charge in [-0.05, 0) is 85.4 Å². The van der Waals surface area contributed by atoms with E-state index in [1.54, 1.807) is 18.2 Å². The molecule has 3 heteroatoms. The number of aryl methyl sites for hydroxylation is 1. The van der Waals surface area contributed by atoms with Crippen LogP contribution in [0.3, 0.4) is 0 Å². The van der Waals surface area contributed by atoms with E-state index in [0.717, 1.165) is 5.92 Å². The second-order valence-electron chi connectivity index (χ2n) is 10.1. The van der Waals surface area contributed by atoms with Crippen LogP contribution in [0.15, 0.2) is 54.6 Å². The van der Waals surface area contributed by atoms with E-state index in [1.807, 2.05) is 31.2 Å². The van der Waals surface area contributed by atoms with Crippen molar-refractivity contribution < 1.29 is 13.2 Å². The third-order valence-corrected chi connectivity index (χ3v) is 7.77. The molecular formula is C32H37F3. The summed E-state index contributed by atoms with van der Waals surface area (Å²) in [5.41, 5.74) is 2.49. The molecule has 0 bridgehead atoms. The highest BCUT2D eigenvalue weighted by Crippen LogP contribution is 2.39. The number of halogens is 3. The molecule has 186 valence electrons. The molecule has 4 rings (SSSR count). The van der Waals surface area contributed by atoms with Crippen LogP contribution in [0.1, 0.15) is 88.7 Å². The van der Waals surface area contributed by atoms with Gasteiger partial charge in [-0.25, -0.2) is 13.2 Å². The maximum atomic E-state index is 15.1. The lowest BCUT2D eigenvalue weighted by Crippen LogP contribution is -2.13. The van der Waals surface area contributed by atoms with Gasteiger partial charge in [-0.1, -0.05) is 81.2 Å². The molecule has 1 aliphatic carbocycles. The smallest absolute Gasteiger partial charge is 0.170 e. The van der Waals surface area contributed by atoms with E-state index in [-0.39, 0.29) is 10.9 Å². The van der Waals surface area contributed by atoms with Gasteiger partial charge in [0, 0.05) is 5.56 Å². The summed E-state index contributed by atoms with van der Waals surface area (Å²) in [6, 6.07) is 12.8. The van der Waals surface area contributed by atoms with E-state index in [9.17, 15) is 0 Å². The quantitative estimate of drug-likeness (QED) is 0.212. The summed E-state index contributed by atoms with van der Waals surface area (Å²) in [6.07, 6.45) is 15.2. The zero-order valence-electron chi connectivity index (χ0n) is 21.1. The van der Waals surface area contributed by atoms with E-state index in [1.165, 1.54) is 56.9 Å². The van der Waals surface area contributed by atoms with E-state index in [4.69, 9.17) is 0 Å². The predicted octanol–water partition coefficient (Wildman–Crippen LogP) is 10.3. The summed E-state index contributed by atoms with van der Waals surface area (Å²) < 4.78 is 45.2. The van der Waals surface area contributed by atoms with Gasteiger partial charge in [-0.2, -0.15) is 0 Å². The van der Waals surface area contributed by atoms with Gasteiger partial charge in [-0.15, -0.1) is 0 Å². The van der Waals surface area contributed by atoms with Gasteiger partial charge < -0.3 is 0 Å². The fourth-order valence-corrected chi connectivity index (χ4v) is 5.64. The summed E-state index contributed by atoms with van der Waals surface area (Å²) in [7, 11) is 0. The highest BCUT2D eigenvalue weighted by Gasteiger charge is 2.23. The van der Waals surface area contributed by atoms with Gasteiger partial charge in [0.1, 0.15) is 5.82 Å². The Morgan fingerprint density at radius 3 is 2.29 bits per heavy atom. The zero-order chi connectivity index (χ0) is 24.8. The average molecular weight is 479 g/mol. The van der Waals surface area contributed by atoms with Crippen molar-refractivity contribution in [2.24, 2.45) is 5.92 Å². The van der Waals surface area contributed by atoms with Gasteiger partial charge in [0.25, 0.3) is 0 Å². The number of unbranched alkanes of at least 4 members (excludes halogenated alkanes) is 2. The molecule has 0 N–H and O–H groups in total. The van der Waals surface area contributed by atoms with Crippen LogP contribution in [0.4, 0.5) is 13.2 Å². The Kier molecular flexibility index (Phi) is 8.70. The Hall–Kier alpha value is -2.55. The topological polar surface area (TPSA) is 0 Å². The van der Waals surface area contributed by atoms with Crippen LogP contribution in [0, 0.1) is 23.4 Å². The third kappa shape index (κ3) is 5.82. The Labute approximate surface area is 208 Å². The molecule has 0 unspecified atom stereocenters. The van der Waals surface area contributed by atoms with Crippen LogP contribution in [-0.2, 0) is 6.42 Å². The van der Waals surface area contributed by atoms with Crippen molar-refractivity contribution >= 4 is 10.8 Å². The number of hydrogen-bond acceptors (Lipinski definition) is 0. The second kappa shape index (κ2) is 11.9. The fraction of sp³-hybridized carbons (Fsp3) is 0.438. The van der Waals surface area contributed by atoms with Crippen molar-refractivity contribution in [3.63, 3.8) is 0 Å². The molecule has 1 fully saturated rings. The molecule has 0 amide bonds. The fourth-order valence-electron chi connectivity index (χ4n) is 5.64. The number of hydrogen-bond donors (Lipinski definition) is 0. The van der Waals surface area contributed by atoms with Crippen molar-refractivity contribution in [3.8, 4) is 11.1 Å². The Bertz CT molecular complexity index is 1150. The summed E-state index contributed by atoms with van der Waals surface area (Å²) in [5.74, 6) is -1.35. The van der Waals surface area contributed by atoms with Crippen LogP contribution >= 0.6 is 0 Å². The van der Waals surface area contributed by atoms with Gasteiger partial charge in [0.15, 0.2) is 11.6 Å². The second-order valence-corrected chi connectivity index (χ2v) is 10.1. The third-order valence-electron chi connectivity index (χ3n) is 7.77. The summed E-state index contributed by atoms with van der Waals surface area (Å²) in [6.45, 7) is 4.15. The molecule has 0 saturated heterocycles. The largest absolute Gasteiger partial charge is 0.206 e. The normalized spacial score (nSPS) is 18.5. The van der Waals surface area contributed by atoms with Crippen LogP contribution in [0.5, 0.6) is 0 Å². The summed E-state index contributed by atoms with van der Waals surface area (Å²) in [5, 5.41) is 0.133. The first-order valence-corrected chi connectivity index (χ1v) is 13.3. The molecule has 1 aliphatic rings. The molecule has 3 aromatic rings. The van der Waals surface area contributed by atoms with Crippen molar-refractivity contribution in [2.45, 2.75) is 84.0 Å². The first-order chi connectivity index (χ1) is 17.0. The minimum absolute atomic E-state index is 0.183. The van der Waals surface area contributed by atoms with Gasteiger partial charge >= 0.3 is 0 Å². The van der Waals surface area contributed by atoms with Crippen molar-refractivity contribution in [1.82, 2.24) is 0 Å². The number of fused-ring (bicyclic) bond motifs is 1. The Balaban J connectivity index is 1.51. The maximum Gasteiger partial charge on any atom is 0.170 e. The molecule has 0 nitrogen and oxygen atoms in total. The van der Waals surface area contributed by atoms with Crippen molar-refractivity contribution in [3.05, 3.63) is 83.2 Å². The number of allylic oxidation sites excluding steroid dienone is 2. The van der Waals surface area contributed by atoms with Crippen LogP contribution < -0.4 is 0 Å². The average Bonchev–Trinajstić information content (AvgIpc) is 2.88. The standard InChI is InChI=1S/C32H37F3/c1-3-5-7-9-22-11-13-23(14-12-22)24-15-17-25(18-16-24)28-21-27-20-19-26(10-8-6-4-2)30(33)29(27)32(35)31(28)34/h4,6,15-23H,3,5,7-14H2,1-2H3/b6-4+. The van der Waals surface area contributed by atoms with Gasteiger partial charge in [0.05, 0.1) is 5.39 Å².